The van der Waals surface area contributed by atoms with Crippen LogP contribution in [0.1, 0.15) is 37.0 Å². The average molecular weight is 394 g/mol. The number of hydrogen-bond acceptors (Lipinski definition) is 5. The van der Waals surface area contributed by atoms with Gasteiger partial charge >= 0.3 is 0 Å². The van der Waals surface area contributed by atoms with Crippen LogP contribution >= 0.6 is 0 Å². The molecule has 7 nitrogen and oxygen atoms in total. The van der Waals surface area contributed by atoms with Gasteiger partial charge in [0.05, 0.1) is 31.7 Å². The minimum absolute atomic E-state index is 0.0565. The maximum atomic E-state index is 13.3. The molecule has 1 aromatic carbocycles. The maximum absolute atomic E-state index is 13.3. The minimum Gasteiger partial charge on any atom is -0.497 e. The number of methoxy groups -OCH3 is 1. The molecule has 0 atom stereocenters. The molecule has 0 bridgehead atoms. The average Bonchev–Trinajstić information content (AvgIpc) is 3.18. The van der Waals surface area contributed by atoms with Gasteiger partial charge in [0.25, 0.3) is 5.91 Å². The highest BCUT2D eigenvalue weighted by Crippen LogP contribution is 2.26. The van der Waals surface area contributed by atoms with E-state index < -0.39 is 0 Å². The molecule has 3 aromatic rings. The first-order chi connectivity index (χ1) is 13.9. The van der Waals surface area contributed by atoms with Crippen LogP contribution in [0.25, 0.3) is 16.9 Å². The molecule has 1 aliphatic rings. The Morgan fingerprint density at radius 2 is 1.79 bits per heavy atom. The van der Waals surface area contributed by atoms with Gasteiger partial charge < -0.3 is 14.4 Å². The van der Waals surface area contributed by atoms with Crippen LogP contribution in [0.15, 0.2) is 36.4 Å². The Labute approximate surface area is 170 Å². The predicted octanol–water partition coefficient (Wildman–Crippen LogP) is 3.17. The molecule has 7 heteroatoms. The van der Waals surface area contributed by atoms with Crippen LogP contribution in [0, 0.1) is 0 Å². The highest BCUT2D eigenvalue weighted by atomic mass is 16.5. The van der Waals surface area contributed by atoms with Crippen molar-refractivity contribution in [2.75, 3.05) is 33.4 Å². The van der Waals surface area contributed by atoms with Crippen LogP contribution in [-0.2, 0) is 10.2 Å². The molecule has 0 aliphatic carbocycles. The molecule has 2 aromatic heterocycles. The van der Waals surface area contributed by atoms with Crippen LogP contribution in [0.5, 0.6) is 5.75 Å². The van der Waals surface area contributed by atoms with Crippen LogP contribution in [0.2, 0.25) is 0 Å². The van der Waals surface area contributed by atoms with E-state index in [9.17, 15) is 4.79 Å². The first-order valence-electron chi connectivity index (χ1n) is 9.79. The van der Waals surface area contributed by atoms with Gasteiger partial charge in [-0.2, -0.15) is 5.10 Å². The van der Waals surface area contributed by atoms with Crippen molar-refractivity contribution in [2.45, 2.75) is 26.2 Å². The van der Waals surface area contributed by atoms with Gasteiger partial charge in [0.2, 0.25) is 0 Å². The number of benzene rings is 1. The molecule has 0 unspecified atom stereocenters. The molecular weight excluding hydrogens is 368 g/mol. The van der Waals surface area contributed by atoms with E-state index in [0.29, 0.717) is 37.6 Å². The van der Waals surface area contributed by atoms with Crippen molar-refractivity contribution in [3.05, 3.63) is 47.8 Å². The summed E-state index contributed by atoms with van der Waals surface area (Å²) in [5.74, 6) is 0.720. The molecule has 1 aliphatic heterocycles. The summed E-state index contributed by atoms with van der Waals surface area (Å²) in [7, 11) is 1.64. The lowest BCUT2D eigenvalue weighted by Gasteiger charge is -2.27. The van der Waals surface area contributed by atoms with Crippen LogP contribution in [0.4, 0.5) is 0 Å². The molecule has 1 fully saturated rings. The number of carbonyl (C=O) groups excluding carboxylic acids is 1. The fourth-order valence-corrected chi connectivity index (χ4v) is 3.33. The number of fused-ring (bicyclic) bond motifs is 1. The molecule has 152 valence electrons. The second kappa shape index (κ2) is 7.48. The normalized spacial score (nSPS) is 15.0. The first-order valence-corrected chi connectivity index (χ1v) is 9.79. The molecule has 4 rings (SSSR count). The number of amides is 1. The van der Waals surface area contributed by atoms with E-state index in [-0.39, 0.29) is 11.3 Å². The summed E-state index contributed by atoms with van der Waals surface area (Å²) in [5.41, 5.74) is 3.58. The van der Waals surface area contributed by atoms with Gasteiger partial charge in [-0.25, -0.2) is 9.50 Å². The lowest BCUT2D eigenvalue weighted by Crippen LogP contribution is -2.41. The van der Waals surface area contributed by atoms with Crippen LogP contribution < -0.4 is 4.74 Å². The molecular formula is C22H26N4O3. The van der Waals surface area contributed by atoms with E-state index in [1.807, 2.05) is 41.3 Å². The molecule has 1 saturated heterocycles. The second-order valence-corrected chi connectivity index (χ2v) is 8.21. The minimum atomic E-state index is -0.146. The van der Waals surface area contributed by atoms with Crippen molar-refractivity contribution in [1.82, 2.24) is 19.5 Å². The largest absolute Gasteiger partial charge is 0.497 e. The zero-order chi connectivity index (χ0) is 20.6. The lowest BCUT2D eigenvalue weighted by molar-refractivity contribution is 0.0297. The summed E-state index contributed by atoms with van der Waals surface area (Å²) in [6.45, 7) is 8.56. The third-order valence-corrected chi connectivity index (χ3v) is 5.10. The number of carbonyl (C=O) groups is 1. The van der Waals surface area contributed by atoms with Gasteiger partial charge in [-0.3, -0.25) is 4.79 Å². The first kappa shape index (κ1) is 19.4. The van der Waals surface area contributed by atoms with Crippen molar-refractivity contribution >= 4 is 11.6 Å². The van der Waals surface area contributed by atoms with E-state index in [0.717, 1.165) is 22.7 Å². The number of aromatic nitrogens is 3. The molecule has 29 heavy (non-hydrogen) atoms. The fourth-order valence-electron chi connectivity index (χ4n) is 3.33. The third-order valence-electron chi connectivity index (χ3n) is 5.10. The number of hydrogen-bond donors (Lipinski definition) is 0. The molecule has 0 saturated carbocycles. The number of rotatable bonds is 3. The Kier molecular flexibility index (Phi) is 5.00. The van der Waals surface area contributed by atoms with Gasteiger partial charge in [-0.1, -0.05) is 20.8 Å². The van der Waals surface area contributed by atoms with Crippen LogP contribution in [-0.4, -0.2) is 58.8 Å². The standard InChI is InChI=1S/C22H26N4O3/c1-22(2,3)19-14-20-23-17(15-5-7-16(28-4)8-6-15)13-18(26(20)24-19)21(27)25-9-11-29-12-10-25/h5-8,13-14H,9-12H2,1-4H3. The molecule has 1 amide bonds. The van der Waals surface area contributed by atoms with Crippen molar-refractivity contribution in [3.8, 4) is 17.0 Å². The summed E-state index contributed by atoms with van der Waals surface area (Å²) in [6.07, 6.45) is 0. The second-order valence-electron chi connectivity index (χ2n) is 8.21. The van der Waals surface area contributed by atoms with Crippen molar-refractivity contribution in [2.24, 2.45) is 0 Å². The Hall–Kier alpha value is -2.93. The van der Waals surface area contributed by atoms with Gasteiger partial charge in [0.15, 0.2) is 5.65 Å². The number of ether oxygens (including phenoxy) is 2. The van der Waals surface area contributed by atoms with E-state index in [1.54, 1.807) is 11.6 Å². The molecule has 0 spiro atoms. The quantitative estimate of drug-likeness (QED) is 0.682. The van der Waals surface area contributed by atoms with Crippen molar-refractivity contribution < 1.29 is 14.3 Å². The summed E-state index contributed by atoms with van der Waals surface area (Å²) in [5, 5.41) is 4.72. The van der Waals surface area contributed by atoms with Gasteiger partial charge in [0, 0.05) is 30.1 Å². The Bertz CT molecular complexity index is 1030. The van der Waals surface area contributed by atoms with E-state index in [4.69, 9.17) is 19.6 Å². The zero-order valence-corrected chi connectivity index (χ0v) is 17.3. The summed E-state index contributed by atoms with van der Waals surface area (Å²) >= 11 is 0. The smallest absolute Gasteiger partial charge is 0.272 e. The molecule has 0 N–H and O–H groups in total. The topological polar surface area (TPSA) is 69.0 Å². The number of morpholine rings is 1. The monoisotopic (exact) mass is 394 g/mol. The molecule has 0 radical (unpaired) electrons. The summed E-state index contributed by atoms with van der Waals surface area (Å²) in [6, 6.07) is 11.5. The van der Waals surface area contributed by atoms with Crippen molar-refractivity contribution in [1.29, 1.82) is 0 Å². The summed E-state index contributed by atoms with van der Waals surface area (Å²) < 4.78 is 12.3. The molecule has 3 heterocycles. The van der Waals surface area contributed by atoms with Gasteiger partial charge in [-0.05, 0) is 30.3 Å². The zero-order valence-electron chi connectivity index (χ0n) is 17.3. The number of nitrogens with zero attached hydrogens (tertiary/aromatic N) is 4. The Morgan fingerprint density at radius 3 is 2.41 bits per heavy atom. The van der Waals surface area contributed by atoms with E-state index in [1.165, 1.54) is 0 Å². The van der Waals surface area contributed by atoms with E-state index >= 15 is 0 Å². The summed E-state index contributed by atoms with van der Waals surface area (Å²) in [4.78, 5) is 19.9. The van der Waals surface area contributed by atoms with Gasteiger partial charge in [0.1, 0.15) is 11.4 Å². The van der Waals surface area contributed by atoms with Crippen molar-refractivity contribution in [3.63, 3.8) is 0 Å². The van der Waals surface area contributed by atoms with E-state index in [2.05, 4.69) is 20.8 Å². The Morgan fingerprint density at radius 1 is 1.10 bits per heavy atom. The SMILES string of the molecule is COc1ccc(-c2cc(C(=O)N3CCOCC3)n3nc(C(C)(C)C)cc3n2)cc1. The van der Waals surface area contributed by atoms with Gasteiger partial charge in [-0.15, -0.1) is 0 Å². The highest BCUT2D eigenvalue weighted by Gasteiger charge is 2.25. The maximum Gasteiger partial charge on any atom is 0.272 e. The Balaban J connectivity index is 1.85. The van der Waals surface area contributed by atoms with Crippen LogP contribution in [0.3, 0.4) is 0 Å². The highest BCUT2D eigenvalue weighted by molar-refractivity contribution is 5.94. The lowest BCUT2D eigenvalue weighted by atomic mass is 9.93. The predicted molar refractivity (Wildman–Crippen MR) is 110 cm³/mol. The third kappa shape index (κ3) is 3.82. The fraction of sp³-hybridized carbons (Fsp3) is 0.409.